The zero-order valence-electron chi connectivity index (χ0n) is 13.9. The normalized spacial score (nSPS) is 17.8. The molecule has 126 valence electrons. The molecule has 1 aromatic heterocycles. The quantitative estimate of drug-likeness (QED) is 0.910. The van der Waals surface area contributed by atoms with Crippen LogP contribution in [0, 0.1) is 0 Å². The van der Waals surface area contributed by atoms with Gasteiger partial charge in [0.1, 0.15) is 6.04 Å². The Balaban J connectivity index is 1.60. The Morgan fingerprint density at radius 2 is 1.88 bits per heavy atom. The summed E-state index contributed by atoms with van der Waals surface area (Å²) < 4.78 is 2.16. The van der Waals surface area contributed by atoms with Gasteiger partial charge in [-0.05, 0) is 38.1 Å². The zero-order valence-corrected chi connectivity index (χ0v) is 13.9. The van der Waals surface area contributed by atoms with E-state index in [1.807, 2.05) is 48.4 Å². The summed E-state index contributed by atoms with van der Waals surface area (Å²) in [6, 6.07) is 12.2. The highest BCUT2D eigenvalue weighted by molar-refractivity contribution is 5.93. The molecular weight excluding hydrogens is 304 g/mol. The van der Waals surface area contributed by atoms with Crippen molar-refractivity contribution in [3.8, 4) is 0 Å². The molecule has 3 rings (SSSR count). The minimum atomic E-state index is -0.585. The van der Waals surface area contributed by atoms with Crippen LogP contribution in [0.1, 0.15) is 25.6 Å². The summed E-state index contributed by atoms with van der Waals surface area (Å²) in [5.41, 5.74) is 1.81. The number of rotatable bonds is 3. The first-order valence-corrected chi connectivity index (χ1v) is 8.14. The molecule has 24 heavy (non-hydrogen) atoms. The number of carbonyl (C=O) groups excluding carboxylic acids is 2. The Hall–Kier alpha value is -2.76. The van der Waals surface area contributed by atoms with Crippen molar-refractivity contribution in [1.82, 2.24) is 14.8 Å². The molecule has 6 nitrogen and oxygen atoms in total. The number of benzene rings is 1. The predicted molar refractivity (Wildman–Crippen MR) is 92.6 cm³/mol. The Kier molecular flexibility index (Phi) is 4.55. The third kappa shape index (κ3) is 3.27. The smallest absolute Gasteiger partial charge is 0.319 e. The minimum Gasteiger partial charge on any atom is -0.348 e. The van der Waals surface area contributed by atoms with Gasteiger partial charge in [0.25, 0.3) is 0 Å². The number of nitrogens with zero attached hydrogens (tertiary/aromatic N) is 2. The Bertz CT molecular complexity index is 726. The molecule has 0 saturated heterocycles. The average molecular weight is 326 g/mol. The molecule has 0 radical (unpaired) electrons. The van der Waals surface area contributed by atoms with E-state index < -0.39 is 6.04 Å². The fraction of sp³-hybridized carbons (Fsp3) is 0.333. The van der Waals surface area contributed by atoms with Crippen molar-refractivity contribution >= 4 is 17.6 Å². The third-order valence-electron chi connectivity index (χ3n) is 4.37. The number of anilines is 1. The number of amides is 3. The van der Waals surface area contributed by atoms with Crippen LogP contribution in [0.5, 0.6) is 0 Å². The summed E-state index contributed by atoms with van der Waals surface area (Å²) in [4.78, 5) is 26.6. The maximum absolute atomic E-state index is 12.7. The van der Waals surface area contributed by atoms with E-state index in [2.05, 4.69) is 15.2 Å². The van der Waals surface area contributed by atoms with Crippen LogP contribution in [0.4, 0.5) is 10.5 Å². The molecule has 1 aromatic carbocycles. The Morgan fingerprint density at radius 1 is 1.12 bits per heavy atom. The van der Waals surface area contributed by atoms with Crippen molar-refractivity contribution < 1.29 is 9.59 Å². The van der Waals surface area contributed by atoms with Gasteiger partial charge in [0.05, 0.1) is 6.04 Å². The van der Waals surface area contributed by atoms with Gasteiger partial charge in [0.2, 0.25) is 5.91 Å². The molecule has 0 bridgehead atoms. The van der Waals surface area contributed by atoms with Crippen LogP contribution in [-0.2, 0) is 11.3 Å². The van der Waals surface area contributed by atoms with Gasteiger partial charge in [-0.15, -0.1) is 0 Å². The van der Waals surface area contributed by atoms with Gasteiger partial charge in [0.15, 0.2) is 0 Å². The predicted octanol–water partition coefficient (Wildman–Crippen LogP) is 2.60. The van der Waals surface area contributed by atoms with Crippen LogP contribution in [0.3, 0.4) is 0 Å². The summed E-state index contributed by atoms with van der Waals surface area (Å²) in [6.07, 6.45) is 2.03. The fourth-order valence-corrected chi connectivity index (χ4v) is 3.08. The molecule has 0 fully saturated rings. The second-order valence-electron chi connectivity index (χ2n) is 6.02. The van der Waals surface area contributed by atoms with Crippen molar-refractivity contribution in [3.63, 3.8) is 0 Å². The molecule has 2 aromatic rings. The van der Waals surface area contributed by atoms with E-state index in [0.29, 0.717) is 12.2 Å². The van der Waals surface area contributed by atoms with E-state index in [9.17, 15) is 9.59 Å². The lowest BCUT2D eigenvalue weighted by atomic mass is 10.1. The van der Waals surface area contributed by atoms with Gasteiger partial charge < -0.3 is 20.1 Å². The molecule has 0 unspecified atom stereocenters. The molecule has 2 atom stereocenters. The highest BCUT2D eigenvalue weighted by atomic mass is 16.2. The molecule has 0 spiro atoms. The lowest BCUT2D eigenvalue weighted by Crippen LogP contribution is -2.51. The summed E-state index contributed by atoms with van der Waals surface area (Å²) >= 11 is 0. The molecule has 2 heterocycles. The van der Waals surface area contributed by atoms with Crippen molar-refractivity contribution in [2.24, 2.45) is 0 Å². The van der Waals surface area contributed by atoms with Gasteiger partial charge in [0, 0.05) is 30.7 Å². The second-order valence-corrected chi connectivity index (χ2v) is 6.02. The molecule has 2 N–H and O–H groups in total. The minimum absolute atomic E-state index is 0.00249. The first kappa shape index (κ1) is 16.1. The number of carbonyl (C=O) groups is 2. The first-order chi connectivity index (χ1) is 11.6. The molecule has 1 aliphatic rings. The zero-order chi connectivity index (χ0) is 17.1. The standard InChI is InChI=1S/C18H22N4O2/c1-13(19-18(24)20-15-7-4-3-5-8-15)17(23)22-12-11-21-10-6-9-16(21)14(22)2/h3-10,13-14H,11-12H2,1-2H3,(H2,19,20,24)/t13-,14-/m0/s1. The number of hydrogen-bond donors (Lipinski definition) is 2. The van der Waals surface area contributed by atoms with Gasteiger partial charge in [-0.2, -0.15) is 0 Å². The fourth-order valence-electron chi connectivity index (χ4n) is 3.08. The summed E-state index contributed by atoms with van der Waals surface area (Å²) in [6.45, 7) is 5.16. The van der Waals surface area contributed by atoms with E-state index >= 15 is 0 Å². The van der Waals surface area contributed by atoms with Crippen molar-refractivity contribution in [1.29, 1.82) is 0 Å². The molecular formula is C18H22N4O2. The van der Waals surface area contributed by atoms with E-state index in [0.717, 1.165) is 12.2 Å². The van der Waals surface area contributed by atoms with Gasteiger partial charge in [-0.1, -0.05) is 18.2 Å². The second kappa shape index (κ2) is 6.78. The number of aromatic nitrogens is 1. The number of para-hydroxylation sites is 1. The molecule has 3 amide bonds. The molecule has 6 heteroatoms. The van der Waals surface area contributed by atoms with E-state index in [-0.39, 0.29) is 18.0 Å². The summed E-state index contributed by atoms with van der Waals surface area (Å²) in [7, 11) is 0. The summed E-state index contributed by atoms with van der Waals surface area (Å²) in [5, 5.41) is 5.44. The number of urea groups is 1. The lowest BCUT2D eigenvalue weighted by molar-refractivity contribution is -0.136. The largest absolute Gasteiger partial charge is 0.348 e. The van der Waals surface area contributed by atoms with Crippen molar-refractivity contribution in [2.75, 3.05) is 11.9 Å². The van der Waals surface area contributed by atoms with Crippen LogP contribution in [0.2, 0.25) is 0 Å². The Labute approximate surface area is 141 Å². The molecule has 0 saturated carbocycles. The van der Waals surface area contributed by atoms with Gasteiger partial charge >= 0.3 is 6.03 Å². The maximum atomic E-state index is 12.7. The van der Waals surface area contributed by atoms with Crippen LogP contribution >= 0.6 is 0 Å². The maximum Gasteiger partial charge on any atom is 0.319 e. The first-order valence-electron chi connectivity index (χ1n) is 8.14. The highest BCUT2D eigenvalue weighted by Gasteiger charge is 2.30. The van der Waals surface area contributed by atoms with Crippen LogP contribution in [0.15, 0.2) is 48.7 Å². The third-order valence-corrected chi connectivity index (χ3v) is 4.37. The van der Waals surface area contributed by atoms with Crippen LogP contribution < -0.4 is 10.6 Å². The number of hydrogen-bond acceptors (Lipinski definition) is 2. The summed E-state index contributed by atoms with van der Waals surface area (Å²) in [5.74, 6) is -0.0711. The van der Waals surface area contributed by atoms with Crippen molar-refractivity contribution in [2.45, 2.75) is 32.5 Å². The van der Waals surface area contributed by atoms with Gasteiger partial charge in [-0.3, -0.25) is 4.79 Å². The number of fused-ring (bicyclic) bond motifs is 1. The van der Waals surface area contributed by atoms with Crippen LogP contribution in [-0.4, -0.2) is 34.0 Å². The van der Waals surface area contributed by atoms with Gasteiger partial charge in [-0.25, -0.2) is 4.79 Å². The topological polar surface area (TPSA) is 66.4 Å². The molecule has 1 aliphatic heterocycles. The monoisotopic (exact) mass is 326 g/mol. The SMILES string of the molecule is C[C@H](NC(=O)Nc1ccccc1)C(=O)N1CCn2cccc2[C@@H]1C. The van der Waals surface area contributed by atoms with E-state index in [1.54, 1.807) is 19.1 Å². The van der Waals surface area contributed by atoms with Crippen molar-refractivity contribution in [3.05, 3.63) is 54.4 Å². The average Bonchev–Trinajstić information content (AvgIpc) is 3.05. The lowest BCUT2D eigenvalue weighted by Gasteiger charge is -2.36. The molecule has 0 aliphatic carbocycles. The van der Waals surface area contributed by atoms with E-state index in [1.165, 1.54) is 0 Å². The number of nitrogens with one attached hydrogen (secondary N) is 2. The van der Waals surface area contributed by atoms with E-state index in [4.69, 9.17) is 0 Å². The highest BCUT2D eigenvalue weighted by Crippen LogP contribution is 2.25. The van der Waals surface area contributed by atoms with Crippen LogP contribution in [0.25, 0.3) is 0 Å². The Morgan fingerprint density at radius 3 is 2.62 bits per heavy atom.